The smallest absolute Gasteiger partial charge is 0.0243 e. The van der Waals surface area contributed by atoms with E-state index < -0.39 is 0 Å². The van der Waals surface area contributed by atoms with E-state index in [1.54, 1.807) is 0 Å². The molecule has 0 aliphatic rings. The molecule has 0 radical (unpaired) electrons. The van der Waals surface area contributed by atoms with Gasteiger partial charge in [0.15, 0.2) is 0 Å². The molecule has 0 saturated heterocycles. The molecule has 0 rings (SSSR count). The number of hydrogen-bond acceptors (Lipinski definition) is 2. The summed E-state index contributed by atoms with van der Waals surface area (Å²) in [5.74, 6) is 1.45. The third-order valence-electron chi connectivity index (χ3n) is 3.64. The van der Waals surface area contributed by atoms with E-state index in [4.69, 9.17) is 0 Å². The van der Waals surface area contributed by atoms with Crippen LogP contribution in [0.5, 0.6) is 0 Å². The Bertz CT molecular complexity index is 216. The van der Waals surface area contributed by atoms with E-state index in [0.29, 0.717) is 18.0 Å². The predicted molar refractivity (Wildman–Crippen MR) is 83.1 cm³/mol. The summed E-state index contributed by atoms with van der Waals surface area (Å²) in [4.78, 5) is 2.56. The molecule has 2 nitrogen and oxygen atoms in total. The molecule has 0 saturated carbocycles. The molecule has 0 spiro atoms. The van der Waals surface area contributed by atoms with Crippen molar-refractivity contribution in [1.82, 2.24) is 10.2 Å². The van der Waals surface area contributed by atoms with E-state index in [9.17, 15) is 0 Å². The minimum absolute atomic E-state index is 0.204. The molecule has 0 heterocycles. The van der Waals surface area contributed by atoms with Crippen molar-refractivity contribution in [2.24, 2.45) is 11.8 Å². The van der Waals surface area contributed by atoms with Gasteiger partial charge in [0.2, 0.25) is 0 Å². The average molecular weight is 256 g/mol. The molecule has 2 heteroatoms. The van der Waals surface area contributed by atoms with E-state index in [1.165, 1.54) is 6.42 Å². The van der Waals surface area contributed by atoms with Crippen molar-refractivity contribution in [3.05, 3.63) is 0 Å². The molecular weight excluding hydrogens is 220 g/mol. The van der Waals surface area contributed by atoms with Crippen LogP contribution in [0.15, 0.2) is 0 Å². The number of hydrogen-bond donors (Lipinski definition) is 1. The van der Waals surface area contributed by atoms with Crippen molar-refractivity contribution in [2.75, 3.05) is 13.6 Å². The van der Waals surface area contributed by atoms with Crippen LogP contribution < -0.4 is 5.32 Å². The Morgan fingerprint density at radius 3 is 1.83 bits per heavy atom. The lowest BCUT2D eigenvalue weighted by Gasteiger charge is -2.38. The molecule has 0 bridgehead atoms. The largest absolute Gasteiger partial charge is 0.311 e. The van der Waals surface area contributed by atoms with E-state index in [-0.39, 0.29) is 5.54 Å². The van der Waals surface area contributed by atoms with Crippen LogP contribution in [0.1, 0.15) is 61.8 Å². The summed E-state index contributed by atoms with van der Waals surface area (Å²) in [6, 6.07) is 1.26. The standard InChI is InChI=1S/C16H36N2/c1-12(2)10-14(5)18(9)15(13(3)4)11-17-16(6,7)8/h12-15,17H,10-11H2,1-9H3. The molecular formula is C16H36N2. The molecule has 0 aromatic rings. The summed E-state index contributed by atoms with van der Waals surface area (Å²) in [6.45, 7) is 19.4. The lowest BCUT2D eigenvalue weighted by atomic mass is 9.97. The first-order valence-corrected chi connectivity index (χ1v) is 7.51. The van der Waals surface area contributed by atoms with Crippen LogP contribution in [0.4, 0.5) is 0 Å². The summed E-state index contributed by atoms with van der Waals surface area (Å²) in [6.07, 6.45) is 1.27. The van der Waals surface area contributed by atoms with Gasteiger partial charge in [-0.3, -0.25) is 4.90 Å². The van der Waals surface area contributed by atoms with Crippen molar-refractivity contribution in [2.45, 2.75) is 79.4 Å². The molecule has 0 aromatic carbocycles. The normalized spacial score (nSPS) is 16.7. The van der Waals surface area contributed by atoms with Gasteiger partial charge in [-0.25, -0.2) is 0 Å². The lowest BCUT2D eigenvalue weighted by Crippen LogP contribution is -2.51. The zero-order valence-electron chi connectivity index (χ0n) is 14.2. The molecule has 110 valence electrons. The van der Waals surface area contributed by atoms with Gasteiger partial charge in [-0.05, 0) is 53.0 Å². The third-order valence-corrected chi connectivity index (χ3v) is 3.64. The molecule has 1 N–H and O–H groups in total. The van der Waals surface area contributed by atoms with Crippen molar-refractivity contribution in [1.29, 1.82) is 0 Å². The van der Waals surface area contributed by atoms with Gasteiger partial charge in [-0.2, -0.15) is 0 Å². The first-order chi connectivity index (χ1) is 8.04. The number of likely N-dealkylation sites (N-methyl/N-ethyl adjacent to an activating group) is 1. The van der Waals surface area contributed by atoms with E-state index in [1.807, 2.05) is 0 Å². The fourth-order valence-electron chi connectivity index (χ4n) is 2.44. The Balaban J connectivity index is 4.49. The summed E-state index contributed by atoms with van der Waals surface area (Å²) >= 11 is 0. The van der Waals surface area contributed by atoms with Crippen LogP contribution in [0.2, 0.25) is 0 Å². The van der Waals surface area contributed by atoms with Crippen molar-refractivity contribution in [3.63, 3.8) is 0 Å². The highest BCUT2D eigenvalue weighted by atomic mass is 15.2. The van der Waals surface area contributed by atoms with Gasteiger partial charge in [-0.15, -0.1) is 0 Å². The maximum Gasteiger partial charge on any atom is 0.0243 e. The Kier molecular flexibility index (Phi) is 7.46. The Morgan fingerprint density at radius 1 is 1.00 bits per heavy atom. The molecule has 0 fully saturated rings. The number of rotatable bonds is 7. The van der Waals surface area contributed by atoms with Gasteiger partial charge in [-0.1, -0.05) is 27.7 Å². The first-order valence-electron chi connectivity index (χ1n) is 7.51. The Hall–Kier alpha value is -0.0800. The second-order valence-corrected chi connectivity index (χ2v) is 7.59. The van der Waals surface area contributed by atoms with E-state index in [2.05, 4.69) is 72.7 Å². The molecule has 2 unspecified atom stereocenters. The number of nitrogens with one attached hydrogen (secondary N) is 1. The molecule has 0 aliphatic carbocycles. The van der Waals surface area contributed by atoms with Crippen LogP contribution in [-0.2, 0) is 0 Å². The fraction of sp³-hybridized carbons (Fsp3) is 1.00. The van der Waals surface area contributed by atoms with Gasteiger partial charge >= 0.3 is 0 Å². The van der Waals surface area contributed by atoms with Gasteiger partial charge in [0.1, 0.15) is 0 Å². The SMILES string of the molecule is CC(C)CC(C)N(C)C(CNC(C)(C)C)C(C)C. The van der Waals surface area contributed by atoms with Crippen LogP contribution in [0.25, 0.3) is 0 Å². The van der Waals surface area contributed by atoms with Gasteiger partial charge in [0, 0.05) is 24.2 Å². The summed E-state index contributed by atoms with van der Waals surface area (Å²) < 4.78 is 0. The minimum atomic E-state index is 0.204. The maximum absolute atomic E-state index is 3.65. The minimum Gasteiger partial charge on any atom is -0.311 e. The molecule has 0 amide bonds. The first kappa shape index (κ1) is 17.9. The van der Waals surface area contributed by atoms with Crippen molar-refractivity contribution in [3.8, 4) is 0 Å². The molecule has 2 atom stereocenters. The van der Waals surface area contributed by atoms with Gasteiger partial charge in [0.05, 0.1) is 0 Å². The molecule has 0 aliphatic heterocycles. The molecule has 0 aromatic heterocycles. The quantitative estimate of drug-likeness (QED) is 0.746. The molecule has 18 heavy (non-hydrogen) atoms. The summed E-state index contributed by atoms with van der Waals surface area (Å²) in [5, 5.41) is 3.65. The average Bonchev–Trinajstić information content (AvgIpc) is 2.13. The Morgan fingerprint density at radius 2 is 1.50 bits per heavy atom. The third kappa shape index (κ3) is 7.38. The second-order valence-electron chi connectivity index (χ2n) is 7.59. The fourth-order valence-corrected chi connectivity index (χ4v) is 2.44. The van der Waals surface area contributed by atoms with E-state index in [0.717, 1.165) is 12.5 Å². The number of nitrogens with zero attached hydrogens (tertiary/aromatic N) is 1. The summed E-state index contributed by atoms with van der Waals surface area (Å²) in [5.41, 5.74) is 0.204. The second kappa shape index (κ2) is 7.49. The summed E-state index contributed by atoms with van der Waals surface area (Å²) in [7, 11) is 2.28. The predicted octanol–water partition coefficient (Wildman–Crippen LogP) is 3.77. The zero-order valence-corrected chi connectivity index (χ0v) is 14.2. The van der Waals surface area contributed by atoms with Crippen LogP contribution in [-0.4, -0.2) is 36.1 Å². The van der Waals surface area contributed by atoms with Crippen molar-refractivity contribution >= 4 is 0 Å². The van der Waals surface area contributed by atoms with Gasteiger partial charge in [0.25, 0.3) is 0 Å². The maximum atomic E-state index is 3.65. The monoisotopic (exact) mass is 256 g/mol. The van der Waals surface area contributed by atoms with E-state index >= 15 is 0 Å². The Labute approximate surface area is 116 Å². The lowest BCUT2D eigenvalue weighted by molar-refractivity contribution is 0.122. The van der Waals surface area contributed by atoms with Gasteiger partial charge < -0.3 is 5.32 Å². The highest BCUT2D eigenvalue weighted by Crippen LogP contribution is 2.17. The van der Waals surface area contributed by atoms with Crippen LogP contribution in [0.3, 0.4) is 0 Å². The van der Waals surface area contributed by atoms with Crippen molar-refractivity contribution < 1.29 is 0 Å². The topological polar surface area (TPSA) is 15.3 Å². The van der Waals surface area contributed by atoms with Crippen LogP contribution >= 0.6 is 0 Å². The van der Waals surface area contributed by atoms with Crippen LogP contribution in [0, 0.1) is 11.8 Å². The highest BCUT2D eigenvalue weighted by molar-refractivity contribution is 4.82. The zero-order chi connectivity index (χ0) is 14.5. The highest BCUT2D eigenvalue weighted by Gasteiger charge is 2.24.